The number of amides is 1. The minimum atomic E-state index is -0.492. The van der Waals surface area contributed by atoms with E-state index in [4.69, 9.17) is 0 Å². The topological polar surface area (TPSA) is 75.4 Å². The molecule has 116 valence electrons. The maximum atomic E-state index is 12.4. The molecule has 0 spiro atoms. The van der Waals surface area contributed by atoms with Crippen LogP contribution in [-0.2, 0) is 6.54 Å². The summed E-state index contributed by atoms with van der Waals surface area (Å²) in [5.41, 5.74) is 0.0831. The van der Waals surface area contributed by atoms with E-state index >= 15 is 0 Å². The molecule has 1 fully saturated rings. The van der Waals surface area contributed by atoms with Crippen LogP contribution in [0.25, 0.3) is 0 Å². The van der Waals surface area contributed by atoms with Crippen molar-refractivity contribution in [3.63, 3.8) is 0 Å². The first-order valence-corrected chi connectivity index (χ1v) is 7.58. The monoisotopic (exact) mass is 293 g/mol. The summed E-state index contributed by atoms with van der Waals surface area (Å²) in [6, 6.07) is 2.86. The quantitative estimate of drug-likeness (QED) is 0.894. The van der Waals surface area contributed by atoms with Crippen molar-refractivity contribution in [1.29, 1.82) is 0 Å². The summed E-state index contributed by atoms with van der Waals surface area (Å²) in [5.74, 6) is -0.00767. The molecule has 1 saturated heterocycles. The molecule has 1 aromatic heterocycles. The van der Waals surface area contributed by atoms with E-state index in [0.717, 1.165) is 19.3 Å². The minimum absolute atomic E-state index is 0.188. The number of likely N-dealkylation sites (tertiary alicyclic amines) is 1. The molecule has 6 nitrogen and oxygen atoms in total. The second-order valence-electron chi connectivity index (χ2n) is 5.72. The Labute approximate surface area is 124 Å². The van der Waals surface area contributed by atoms with Crippen LogP contribution in [0.1, 0.15) is 43.6 Å². The number of carbonyl (C=O) groups excluding carboxylic acids is 1. The molecule has 2 heterocycles. The van der Waals surface area contributed by atoms with Crippen LogP contribution >= 0.6 is 0 Å². The van der Waals surface area contributed by atoms with E-state index in [9.17, 15) is 14.7 Å². The van der Waals surface area contributed by atoms with Crippen LogP contribution in [0.3, 0.4) is 0 Å². The Morgan fingerprint density at radius 2 is 2.24 bits per heavy atom. The highest BCUT2D eigenvalue weighted by Gasteiger charge is 2.28. The fraction of sp³-hybridized carbons (Fsp3) is 0.667. The first kappa shape index (κ1) is 15.7. The lowest BCUT2D eigenvalue weighted by Gasteiger charge is -2.34. The van der Waals surface area contributed by atoms with Crippen LogP contribution < -0.4 is 5.56 Å². The van der Waals surface area contributed by atoms with Gasteiger partial charge in [-0.1, -0.05) is 20.3 Å². The lowest BCUT2D eigenvalue weighted by molar-refractivity contribution is 0.0243. The molecular weight excluding hydrogens is 270 g/mol. The lowest BCUT2D eigenvalue weighted by atomic mass is 9.96. The van der Waals surface area contributed by atoms with Gasteiger partial charge in [0.25, 0.3) is 11.5 Å². The van der Waals surface area contributed by atoms with Gasteiger partial charge in [-0.25, -0.2) is 4.68 Å². The Balaban J connectivity index is 2.14. The second-order valence-corrected chi connectivity index (χ2v) is 5.72. The summed E-state index contributed by atoms with van der Waals surface area (Å²) in [6.45, 7) is 5.49. The molecule has 0 bridgehead atoms. The smallest absolute Gasteiger partial charge is 0.274 e. The van der Waals surface area contributed by atoms with Gasteiger partial charge in [0.05, 0.1) is 6.10 Å². The van der Waals surface area contributed by atoms with Crippen LogP contribution in [0.2, 0.25) is 0 Å². The van der Waals surface area contributed by atoms with Gasteiger partial charge in [0.15, 0.2) is 0 Å². The van der Waals surface area contributed by atoms with Crippen molar-refractivity contribution in [2.24, 2.45) is 5.92 Å². The first-order chi connectivity index (χ1) is 10.0. The first-order valence-electron chi connectivity index (χ1n) is 7.58. The van der Waals surface area contributed by atoms with Gasteiger partial charge < -0.3 is 10.0 Å². The Bertz CT molecular complexity index is 555. The molecule has 1 aromatic rings. The predicted molar refractivity (Wildman–Crippen MR) is 79.1 cm³/mol. The number of aromatic nitrogens is 2. The normalized spacial score (nSPS) is 22.3. The van der Waals surface area contributed by atoms with Gasteiger partial charge in [-0.2, -0.15) is 5.10 Å². The number of hydrogen-bond acceptors (Lipinski definition) is 4. The van der Waals surface area contributed by atoms with Crippen molar-refractivity contribution in [3.05, 3.63) is 28.2 Å². The number of aliphatic hydroxyl groups is 1. The molecule has 1 aliphatic heterocycles. The average Bonchev–Trinajstić information content (AvgIpc) is 2.48. The number of unbranched alkanes of at least 4 members (excludes halogenated alkanes) is 1. The van der Waals surface area contributed by atoms with Crippen molar-refractivity contribution in [2.45, 2.75) is 45.8 Å². The zero-order chi connectivity index (χ0) is 15.4. The third-order valence-electron chi connectivity index (χ3n) is 4.02. The zero-order valence-corrected chi connectivity index (χ0v) is 12.7. The molecule has 0 radical (unpaired) electrons. The molecular formula is C15H23N3O3. The van der Waals surface area contributed by atoms with E-state index < -0.39 is 6.10 Å². The highest BCUT2D eigenvalue weighted by Crippen LogP contribution is 2.18. The predicted octanol–water partition coefficient (Wildman–Crippen LogP) is 0.886. The molecule has 2 unspecified atom stereocenters. The zero-order valence-electron chi connectivity index (χ0n) is 12.7. The highest BCUT2D eigenvalue weighted by molar-refractivity contribution is 5.92. The van der Waals surface area contributed by atoms with Crippen molar-refractivity contribution in [3.8, 4) is 0 Å². The van der Waals surface area contributed by atoms with Gasteiger partial charge in [0.1, 0.15) is 5.69 Å². The fourth-order valence-corrected chi connectivity index (χ4v) is 2.43. The van der Waals surface area contributed by atoms with E-state index in [1.807, 2.05) is 13.8 Å². The van der Waals surface area contributed by atoms with Gasteiger partial charge in [-0.05, 0) is 24.8 Å². The second kappa shape index (κ2) is 6.85. The fourth-order valence-electron chi connectivity index (χ4n) is 2.43. The minimum Gasteiger partial charge on any atom is -0.391 e. The van der Waals surface area contributed by atoms with E-state index in [1.54, 1.807) is 4.90 Å². The van der Waals surface area contributed by atoms with Crippen LogP contribution in [0, 0.1) is 5.92 Å². The van der Waals surface area contributed by atoms with Crippen molar-refractivity contribution < 1.29 is 9.90 Å². The SMILES string of the molecule is CCCCn1nc(C(=O)N2CCC(C)C(O)C2)ccc1=O. The number of nitrogens with zero attached hydrogens (tertiary/aromatic N) is 3. The molecule has 1 amide bonds. The molecule has 0 aliphatic carbocycles. The summed E-state index contributed by atoms with van der Waals surface area (Å²) in [4.78, 5) is 25.7. The Hall–Kier alpha value is -1.69. The Morgan fingerprint density at radius 3 is 2.90 bits per heavy atom. The molecule has 6 heteroatoms. The van der Waals surface area contributed by atoms with Gasteiger partial charge >= 0.3 is 0 Å². The largest absolute Gasteiger partial charge is 0.391 e. The Kier molecular flexibility index (Phi) is 5.12. The lowest BCUT2D eigenvalue weighted by Crippen LogP contribution is -2.46. The van der Waals surface area contributed by atoms with Gasteiger partial charge in [-0.15, -0.1) is 0 Å². The molecule has 0 saturated carbocycles. The van der Waals surface area contributed by atoms with Crippen LogP contribution in [0.4, 0.5) is 0 Å². The Morgan fingerprint density at radius 1 is 1.48 bits per heavy atom. The molecule has 1 aliphatic rings. The molecule has 1 N–H and O–H groups in total. The van der Waals surface area contributed by atoms with Crippen LogP contribution in [0.15, 0.2) is 16.9 Å². The number of piperidine rings is 1. The summed E-state index contributed by atoms with van der Waals surface area (Å²) < 4.78 is 1.35. The maximum absolute atomic E-state index is 12.4. The number of aryl methyl sites for hydroxylation is 1. The average molecular weight is 293 g/mol. The van der Waals surface area contributed by atoms with Crippen LogP contribution in [0.5, 0.6) is 0 Å². The summed E-state index contributed by atoms with van der Waals surface area (Å²) in [7, 11) is 0. The van der Waals surface area contributed by atoms with Gasteiger partial charge in [0, 0.05) is 25.7 Å². The van der Waals surface area contributed by atoms with E-state index in [2.05, 4.69) is 5.10 Å². The van der Waals surface area contributed by atoms with Gasteiger partial charge in [0.2, 0.25) is 0 Å². The van der Waals surface area contributed by atoms with Crippen molar-refractivity contribution in [2.75, 3.05) is 13.1 Å². The summed E-state index contributed by atoms with van der Waals surface area (Å²) >= 11 is 0. The van der Waals surface area contributed by atoms with E-state index in [1.165, 1.54) is 16.8 Å². The standard InChI is InChI=1S/C15H23N3O3/c1-3-4-8-18-14(20)6-5-12(16-18)15(21)17-9-7-11(2)13(19)10-17/h5-6,11,13,19H,3-4,7-10H2,1-2H3. The van der Waals surface area contributed by atoms with Gasteiger partial charge in [-0.3, -0.25) is 9.59 Å². The molecule has 0 aromatic carbocycles. The third kappa shape index (κ3) is 3.69. The van der Waals surface area contributed by atoms with E-state index in [-0.39, 0.29) is 23.1 Å². The summed E-state index contributed by atoms with van der Waals surface area (Å²) in [6.07, 6.45) is 2.10. The number of β-amino-alcohol motifs (C(OH)–C–C–N with tert-alkyl or cyclic N) is 1. The van der Waals surface area contributed by atoms with Crippen molar-refractivity contribution >= 4 is 5.91 Å². The number of aliphatic hydroxyl groups excluding tert-OH is 1. The molecule has 21 heavy (non-hydrogen) atoms. The third-order valence-corrected chi connectivity index (χ3v) is 4.02. The van der Waals surface area contributed by atoms with Crippen LogP contribution in [-0.4, -0.2) is 44.9 Å². The van der Waals surface area contributed by atoms with E-state index in [0.29, 0.717) is 19.6 Å². The molecule has 2 atom stereocenters. The number of hydrogen-bond donors (Lipinski definition) is 1. The number of rotatable bonds is 4. The number of carbonyl (C=O) groups is 1. The maximum Gasteiger partial charge on any atom is 0.274 e. The summed E-state index contributed by atoms with van der Waals surface area (Å²) in [5, 5.41) is 14.0. The van der Waals surface area contributed by atoms with Crippen molar-refractivity contribution in [1.82, 2.24) is 14.7 Å². The molecule has 2 rings (SSSR count). The highest BCUT2D eigenvalue weighted by atomic mass is 16.3.